The van der Waals surface area contributed by atoms with Gasteiger partial charge in [0.1, 0.15) is 12.6 Å². The van der Waals surface area contributed by atoms with Gasteiger partial charge in [0.05, 0.1) is 13.2 Å². The van der Waals surface area contributed by atoms with Crippen LogP contribution in [0.25, 0.3) is 0 Å². The van der Waals surface area contributed by atoms with Gasteiger partial charge < -0.3 is 25.2 Å². The molecule has 11 nitrogen and oxygen atoms in total. The average Bonchev–Trinajstić information content (AvgIpc) is 3.14. The summed E-state index contributed by atoms with van der Waals surface area (Å²) in [7, 11) is -4.71. The lowest BCUT2D eigenvalue weighted by atomic mass is 10.0. The van der Waals surface area contributed by atoms with Crippen molar-refractivity contribution in [3.8, 4) is 0 Å². The molecule has 0 saturated heterocycles. The molecule has 1 unspecified atom stereocenters. The van der Waals surface area contributed by atoms with Crippen LogP contribution in [0.4, 0.5) is 0 Å². The van der Waals surface area contributed by atoms with Crippen molar-refractivity contribution in [2.24, 2.45) is 5.73 Å². The summed E-state index contributed by atoms with van der Waals surface area (Å²) in [6, 6.07) is -1.52. The molecule has 3 atom stereocenters. The highest BCUT2D eigenvalue weighted by molar-refractivity contribution is 7.47. The maximum atomic E-state index is 12.6. The molecule has 0 amide bonds. The Kier molecular flexibility index (Phi) is 36.4. The largest absolute Gasteiger partial charge is 0.480 e. The molecule has 0 fully saturated rings. The van der Waals surface area contributed by atoms with Gasteiger partial charge in [-0.2, -0.15) is 0 Å². The quantitative estimate of drug-likeness (QED) is 0.0233. The predicted molar refractivity (Wildman–Crippen MR) is 217 cm³/mol. The molecular weight excluding hydrogens is 709 g/mol. The lowest BCUT2D eigenvalue weighted by molar-refractivity contribution is -0.161. The summed E-state index contributed by atoms with van der Waals surface area (Å²) in [5.74, 6) is -2.38. The van der Waals surface area contributed by atoms with E-state index in [2.05, 4.69) is 30.2 Å². The number of phosphoric ester groups is 1. The monoisotopic (exact) mass is 788 g/mol. The highest BCUT2D eigenvalue weighted by atomic mass is 31.2. The molecule has 4 N–H and O–H groups in total. The highest BCUT2D eigenvalue weighted by Gasteiger charge is 2.28. The fourth-order valence-electron chi connectivity index (χ4n) is 5.92. The maximum Gasteiger partial charge on any atom is 0.472 e. The Balaban J connectivity index is 4.35. The summed E-state index contributed by atoms with van der Waals surface area (Å²) in [6.45, 7) is 4.31. The minimum atomic E-state index is -4.71. The van der Waals surface area contributed by atoms with Crippen LogP contribution < -0.4 is 5.73 Å². The highest BCUT2D eigenvalue weighted by Crippen LogP contribution is 2.43. The van der Waals surface area contributed by atoms with Gasteiger partial charge in [0.2, 0.25) is 0 Å². The van der Waals surface area contributed by atoms with Gasteiger partial charge in [0, 0.05) is 12.8 Å². The van der Waals surface area contributed by atoms with Gasteiger partial charge in [-0.3, -0.25) is 23.4 Å². The lowest BCUT2D eigenvalue weighted by Crippen LogP contribution is -2.34. The van der Waals surface area contributed by atoms with E-state index in [0.29, 0.717) is 12.8 Å². The van der Waals surface area contributed by atoms with Gasteiger partial charge in [-0.1, -0.05) is 147 Å². The van der Waals surface area contributed by atoms with E-state index >= 15 is 0 Å². The van der Waals surface area contributed by atoms with Crippen LogP contribution in [0.15, 0.2) is 24.8 Å². The molecule has 0 heterocycles. The molecule has 0 aliphatic heterocycles. The van der Waals surface area contributed by atoms with E-state index in [-0.39, 0.29) is 19.4 Å². The normalized spacial score (nSPS) is 13.8. The summed E-state index contributed by atoms with van der Waals surface area (Å²) in [6.07, 6.45) is 37.0. The number of hydrogen-bond donors (Lipinski definition) is 3. The van der Waals surface area contributed by atoms with E-state index in [1.807, 2.05) is 6.08 Å². The Labute approximate surface area is 328 Å². The van der Waals surface area contributed by atoms with Gasteiger partial charge in [-0.05, 0) is 51.4 Å². The number of nitrogens with two attached hydrogens (primary N) is 1. The van der Waals surface area contributed by atoms with Crippen LogP contribution in [0, 0.1) is 0 Å². The molecule has 0 rings (SSSR count). The fourth-order valence-corrected chi connectivity index (χ4v) is 6.70. The van der Waals surface area contributed by atoms with E-state index in [4.69, 9.17) is 24.8 Å². The van der Waals surface area contributed by atoms with Crippen molar-refractivity contribution in [1.82, 2.24) is 0 Å². The minimum absolute atomic E-state index is 0.161. The summed E-state index contributed by atoms with van der Waals surface area (Å²) in [5.41, 5.74) is 5.33. The van der Waals surface area contributed by atoms with Crippen molar-refractivity contribution in [3.63, 3.8) is 0 Å². The first-order valence-corrected chi connectivity index (χ1v) is 22.8. The summed E-state index contributed by atoms with van der Waals surface area (Å²) >= 11 is 0. The molecule has 0 aliphatic carbocycles. The molecule has 0 radical (unpaired) electrons. The molecule has 0 aromatic rings. The Morgan fingerprint density at radius 2 is 1.02 bits per heavy atom. The van der Waals surface area contributed by atoms with Crippen molar-refractivity contribution >= 4 is 25.7 Å². The third kappa shape index (κ3) is 36.9. The number of ether oxygens (including phenoxy) is 2. The standard InChI is InChI=1S/C42H78NO10P/c1-3-5-7-9-11-13-15-17-19-21-23-25-27-29-31-33-40(44)50-35-38(36-51-54(48,49)52-37-39(43)42(46)47)53-41(45)34-32-30-28-26-24-22-20-18-16-14-12-10-8-6-4-2/h4,13,15,38-39H,2-3,5-12,14,16-37,43H2,1H3,(H,46,47)(H,48,49)/b15-13+/t38-,39+/m1/s1. The van der Waals surface area contributed by atoms with Crippen LogP contribution in [0.5, 0.6) is 0 Å². The molecule has 0 aromatic carbocycles. The first kappa shape index (κ1) is 52.0. The van der Waals surface area contributed by atoms with Crippen LogP contribution in [-0.4, -0.2) is 59.9 Å². The first-order valence-electron chi connectivity index (χ1n) is 21.3. The predicted octanol–water partition coefficient (Wildman–Crippen LogP) is 11.1. The number of carbonyl (C=O) groups excluding carboxylic acids is 2. The Bertz CT molecular complexity index is 1010. The van der Waals surface area contributed by atoms with Crippen molar-refractivity contribution in [2.45, 2.75) is 205 Å². The number of carboxylic acids is 1. The Morgan fingerprint density at radius 3 is 1.48 bits per heavy atom. The SMILES string of the molecule is C=CCCCCCCCCCCCCCCCC(=O)O[C@H](COC(=O)CCCCCCCCC/C=C/CCCCCC)COP(=O)(O)OC[C@H](N)C(=O)O. The first-order chi connectivity index (χ1) is 26.1. The molecule has 0 aliphatic rings. The second kappa shape index (κ2) is 37.9. The molecule has 0 bridgehead atoms. The molecule has 54 heavy (non-hydrogen) atoms. The van der Waals surface area contributed by atoms with Crippen molar-refractivity contribution in [2.75, 3.05) is 19.8 Å². The third-order valence-electron chi connectivity index (χ3n) is 9.32. The summed E-state index contributed by atoms with van der Waals surface area (Å²) in [4.78, 5) is 45.9. The van der Waals surface area contributed by atoms with E-state index < -0.39 is 51.1 Å². The maximum absolute atomic E-state index is 12.6. The number of rotatable bonds is 41. The molecule has 0 aromatic heterocycles. The molecular formula is C42H78NO10P. The van der Waals surface area contributed by atoms with Crippen LogP contribution in [0.1, 0.15) is 193 Å². The van der Waals surface area contributed by atoms with Gasteiger partial charge in [0.15, 0.2) is 6.10 Å². The van der Waals surface area contributed by atoms with E-state index in [0.717, 1.165) is 51.4 Å². The van der Waals surface area contributed by atoms with Gasteiger partial charge in [-0.25, -0.2) is 4.57 Å². The third-order valence-corrected chi connectivity index (χ3v) is 10.3. The van der Waals surface area contributed by atoms with Crippen LogP contribution in [0.3, 0.4) is 0 Å². The fraction of sp³-hybridized carbons (Fsp3) is 0.833. The molecule has 12 heteroatoms. The Hall–Kier alpha value is -2.04. The number of esters is 2. The van der Waals surface area contributed by atoms with Gasteiger partial charge in [0.25, 0.3) is 0 Å². The number of phosphoric acid groups is 1. The number of aliphatic carboxylic acids is 1. The lowest BCUT2D eigenvalue weighted by Gasteiger charge is -2.20. The number of hydrogen-bond acceptors (Lipinski definition) is 9. The smallest absolute Gasteiger partial charge is 0.472 e. The van der Waals surface area contributed by atoms with Crippen molar-refractivity contribution in [3.05, 3.63) is 24.8 Å². The zero-order valence-electron chi connectivity index (χ0n) is 33.9. The number of carbonyl (C=O) groups is 3. The van der Waals surface area contributed by atoms with E-state index in [1.54, 1.807) is 0 Å². The zero-order valence-corrected chi connectivity index (χ0v) is 34.8. The zero-order chi connectivity index (χ0) is 40.0. The Morgan fingerprint density at radius 1 is 0.611 bits per heavy atom. The van der Waals surface area contributed by atoms with Crippen molar-refractivity contribution in [1.29, 1.82) is 0 Å². The van der Waals surface area contributed by atoms with Crippen LogP contribution in [-0.2, 0) is 37.5 Å². The van der Waals surface area contributed by atoms with E-state index in [1.165, 1.54) is 109 Å². The van der Waals surface area contributed by atoms with Crippen LogP contribution in [0.2, 0.25) is 0 Å². The molecule has 0 spiro atoms. The number of allylic oxidation sites excluding steroid dienone is 3. The second-order valence-corrected chi connectivity index (χ2v) is 16.0. The summed E-state index contributed by atoms with van der Waals surface area (Å²) < 4.78 is 32.7. The molecule has 0 saturated carbocycles. The van der Waals surface area contributed by atoms with Crippen molar-refractivity contribution < 1.29 is 47.5 Å². The molecule has 316 valence electrons. The van der Waals surface area contributed by atoms with Crippen LogP contribution >= 0.6 is 7.82 Å². The average molecular weight is 788 g/mol. The summed E-state index contributed by atoms with van der Waals surface area (Å²) in [5, 5.41) is 8.88. The van der Waals surface area contributed by atoms with Gasteiger partial charge >= 0.3 is 25.7 Å². The number of unbranched alkanes of at least 4 members (excludes halogenated alkanes) is 24. The van der Waals surface area contributed by atoms with E-state index in [9.17, 15) is 23.8 Å². The number of carboxylic acid groups (broad SMARTS) is 1. The minimum Gasteiger partial charge on any atom is -0.480 e. The van der Waals surface area contributed by atoms with Gasteiger partial charge in [-0.15, -0.1) is 6.58 Å². The second-order valence-electron chi connectivity index (χ2n) is 14.6. The topological polar surface area (TPSA) is 172 Å².